The summed E-state index contributed by atoms with van der Waals surface area (Å²) in [6.45, 7) is 12.1. The smallest absolute Gasteiger partial charge is 0.0727 e. The van der Waals surface area contributed by atoms with Gasteiger partial charge < -0.3 is 9.47 Å². The van der Waals surface area contributed by atoms with Crippen LogP contribution in [0.2, 0.25) is 0 Å². The Labute approximate surface area is 287 Å². The fourth-order valence-electron chi connectivity index (χ4n) is 7.81. The third-order valence-electron chi connectivity index (χ3n) is 10.2. The van der Waals surface area contributed by atoms with Crippen LogP contribution >= 0.6 is 15.8 Å². The highest BCUT2D eigenvalue weighted by Gasteiger charge is 2.35. The summed E-state index contributed by atoms with van der Waals surface area (Å²) in [5.41, 5.74) is 13.8. The van der Waals surface area contributed by atoms with Crippen LogP contribution in [0.5, 0.6) is 0 Å². The van der Waals surface area contributed by atoms with Crippen LogP contribution in [0.25, 0.3) is 11.1 Å². The van der Waals surface area contributed by atoms with E-state index in [0.717, 1.165) is 0 Å². The molecule has 8 rings (SSSR count). The molecule has 0 atom stereocenters. The van der Waals surface area contributed by atoms with E-state index in [1.807, 2.05) is 0 Å². The van der Waals surface area contributed by atoms with E-state index in [1.165, 1.54) is 87.5 Å². The zero-order valence-corrected chi connectivity index (χ0v) is 29.9. The monoisotopic (exact) mass is 662 g/mol. The largest absolute Gasteiger partial charge is 0.372 e. The summed E-state index contributed by atoms with van der Waals surface area (Å²) in [6.07, 6.45) is 0. The Balaban J connectivity index is 1.54. The summed E-state index contributed by atoms with van der Waals surface area (Å²) in [5, 5.41) is 8.40. The first-order valence-corrected chi connectivity index (χ1v) is 19.5. The molecular formula is C44H40O2P2. The number of ether oxygens (including phenoxy) is 2. The van der Waals surface area contributed by atoms with Gasteiger partial charge in [-0.2, -0.15) is 0 Å². The number of benzene rings is 6. The first kappa shape index (κ1) is 31.4. The Morgan fingerprint density at radius 1 is 0.354 bits per heavy atom. The third kappa shape index (κ3) is 5.28. The van der Waals surface area contributed by atoms with Gasteiger partial charge in [-0.05, 0) is 131 Å². The van der Waals surface area contributed by atoms with Crippen LogP contribution in [0, 0.1) is 27.7 Å². The maximum atomic E-state index is 6.25. The van der Waals surface area contributed by atoms with Crippen LogP contribution in [0.4, 0.5) is 0 Å². The minimum atomic E-state index is -0.882. The van der Waals surface area contributed by atoms with Gasteiger partial charge in [-0.25, -0.2) is 0 Å². The lowest BCUT2D eigenvalue weighted by atomic mass is 9.85. The molecule has 0 fully saturated rings. The first-order chi connectivity index (χ1) is 23.5. The Morgan fingerprint density at radius 3 is 0.875 bits per heavy atom. The molecule has 2 aliphatic rings. The predicted molar refractivity (Wildman–Crippen MR) is 205 cm³/mol. The highest BCUT2D eigenvalue weighted by molar-refractivity contribution is 7.81. The predicted octanol–water partition coefficient (Wildman–Crippen LogP) is 8.16. The van der Waals surface area contributed by atoms with Crippen LogP contribution in [-0.2, 0) is 35.9 Å². The van der Waals surface area contributed by atoms with Gasteiger partial charge in [-0.15, -0.1) is 0 Å². The Hall–Kier alpha value is -3.90. The maximum Gasteiger partial charge on any atom is 0.0727 e. The first-order valence-electron chi connectivity index (χ1n) is 16.8. The minimum Gasteiger partial charge on any atom is -0.372 e. The van der Waals surface area contributed by atoms with Gasteiger partial charge in [-0.1, -0.05) is 121 Å². The van der Waals surface area contributed by atoms with Crippen LogP contribution in [-0.4, -0.2) is 0 Å². The second-order valence-electron chi connectivity index (χ2n) is 12.9. The van der Waals surface area contributed by atoms with Gasteiger partial charge in [0.25, 0.3) is 0 Å². The molecule has 0 aliphatic carbocycles. The average Bonchev–Trinajstić information content (AvgIpc) is 3.84. The van der Waals surface area contributed by atoms with E-state index >= 15 is 0 Å². The maximum absolute atomic E-state index is 6.25. The van der Waals surface area contributed by atoms with Crippen molar-refractivity contribution in [1.29, 1.82) is 0 Å². The number of rotatable bonds is 7. The molecule has 0 bridgehead atoms. The molecule has 2 nitrogen and oxygen atoms in total. The second-order valence-corrected chi connectivity index (χ2v) is 17.2. The topological polar surface area (TPSA) is 18.5 Å². The highest BCUT2D eigenvalue weighted by atomic mass is 31.1. The van der Waals surface area contributed by atoms with E-state index in [2.05, 4.69) is 149 Å². The van der Waals surface area contributed by atoms with Crippen molar-refractivity contribution in [3.8, 4) is 11.1 Å². The number of hydrogen-bond acceptors (Lipinski definition) is 2. The molecule has 0 saturated carbocycles. The molecule has 4 heteroatoms. The fourth-order valence-corrected chi connectivity index (χ4v) is 13.3. The molecule has 2 heterocycles. The summed E-state index contributed by atoms with van der Waals surface area (Å²) >= 11 is 0. The number of hydrogen-bond donors (Lipinski definition) is 0. The molecule has 6 aromatic carbocycles. The van der Waals surface area contributed by atoms with Crippen LogP contribution in [0.1, 0.15) is 44.5 Å². The molecule has 0 unspecified atom stereocenters. The summed E-state index contributed by atoms with van der Waals surface area (Å²) in [6, 6.07) is 44.8. The van der Waals surface area contributed by atoms with Crippen molar-refractivity contribution in [2.75, 3.05) is 0 Å². The Bertz CT molecular complexity index is 1880. The van der Waals surface area contributed by atoms with Crippen molar-refractivity contribution in [2.45, 2.75) is 54.1 Å². The van der Waals surface area contributed by atoms with Crippen LogP contribution in [0.3, 0.4) is 0 Å². The summed E-state index contributed by atoms with van der Waals surface area (Å²) in [5.74, 6) is 0. The Morgan fingerprint density at radius 2 is 0.604 bits per heavy atom. The van der Waals surface area contributed by atoms with E-state index in [4.69, 9.17) is 9.47 Å². The van der Waals surface area contributed by atoms with Gasteiger partial charge >= 0.3 is 0 Å². The van der Waals surface area contributed by atoms with E-state index in [9.17, 15) is 0 Å². The Kier molecular flexibility index (Phi) is 8.62. The zero-order valence-electron chi connectivity index (χ0n) is 28.1. The van der Waals surface area contributed by atoms with E-state index in [0.29, 0.717) is 26.4 Å². The second kappa shape index (κ2) is 13.2. The van der Waals surface area contributed by atoms with Crippen molar-refractivity contribution in [3.05, 3.63) is 166 Å². The summed E-state index contributed by atoms with van der Waals surface area (Å²) in [7, 11) is -1.76. The molecule has 0 amide bonds. The van der Waals surface area contributed by atoms with Crippen molar-refractivity contribution >= 4 is 47.7 Å². The van der Waals surface area contributed by atoms with E-state index in [1.54, 1.807) is 0 Å². The lowest BCUT2D eigenvalue weighted by Crippen LogP contribution is -2.30. The van der Waals surface area contributed by atoms with Crippen LogP contribution in [0.15, 0.2) is 121 Å². The summed E-state index contributed by atoms with van der Waals surface area (Å²) in [4.78, 5) is 0. The molecule has 6 aromatic rings. The molecule has 0 radical (unpaired) electrons. The lowest BCUT2D eigenvalue weighted by Gasteiger charge is -2.33. The molecule has 0 aromatic heterocycles. The molecule has 0 spiro atoms. The quantitative estimate of drug-likeness (QED) is 0.161. The average molecular weight is 663 g/mol. The van der Waals surface area contributed by atoms with Gasteiger partial charge in [0.1, 0.15) is 0 Å². The van der Waals surface area contributed by atoms with E-state index < -0.39 is 15.8 Å². The lowest BCUT2D eigenvalue weighted by molar-refractivity contribution is 0.134. The van der Waals surface area contributed by atoms with E-state index in [-0.39, 0.29) is 0 Å². The summed E-state index contributed by atoms with van der Waals surface area (Å²) < 4.78 is 12.5. The molecule has 0 saturated heterocycles. The molecule has 2 aliphatic heterocycles. The molecule has 48 heavy (non-hydrogen) atoms. The molecule has 0 N–H and O–H groups in total. The highest BCUT2D eigenvalue weighted by Crippen LogP contribution is 2.49. The molecular weight excluding hydrogens is 622 g/mol. The normalized spacial score (nSPS) is 13.7. The number of fused-ring (bicyclic) bond motifs is 2. The zero-order chi connectivity index (χ0) is 32.8. The van der Waals surface area contributed by atoms with Crippen molar-refractivity contribution in [1.82, 2.24) is 0 Å². The van der Waals surface area contributed by atoms with Gasteiger partial charge in [0, 0.05) is 0 Å². The van der Waals surface area contributed by atoms with Gasteiger partial charge in [0.2, 0.25) is 0 Å². The SMILES string of the molecule is Cc1c2c(c(C)c(P(c3ccccc3)c3ccccc3)c1-c1c(C)c3c(c(C)c1P(c1ccccc1)c1ccccc1)COC3)COC2. The molecule has 238 valence electrons. The van der Waals surface area contributed by atoms with Crippen molar-refractivity contribution in [3.63, 3.8) is 0 Å². The van der Waals surface area contributed by atoms with Crippen LogP contribution < -0.4 is 31.8 Å². The van der Waals surface area contributed by atoms with Crippen molar-refractivity contribution in [2.24, 2.45) is 0 Å². The third-order valence-corrected chi connectivity index (χ3v) is 15.5. The van der Waals surface area contributed by atoms with Gasteiger partial charge in [0.05, 0.1) is 26.4 Å². The van der Waals surface area contributed by atoms with Gasteiger partial charge in [0.15, 0.2) is 0 Å². The van der Waals surface area contributed by atoms with Gasteiger partial charge in [-0.3, -0.25) is 0 Å². The van der Waals surface area contributed by atoms with Crippen molar-refractivity contribution < 1.29 is 9.47 Å². The fraction of sp³-hybridized carbons (Fsp3) is 0.182. The standard InChI is InChI=1S/C44H40O2P2/c1-29-37-25-45-27-39(37)31(3)43(47(33-17-9-5-10-18-33)34-19-11-6-12-20-34)41(29)42-30(2)38-26-46-28-40(38)32(4)44(42)48(35-21-13-7-14-22-35)36-23-15-8-16-24-36/h5-24H,25-28H2,1-4H3. The minimum absolute atomic E-state index is 0.664.